The molecule has 0 bridgehead atoms. The van der Waals surface area contributed by atoms with Gasteiger partial charge in [0.2, 0.25) is 0 Å². The minimum atomic E-state index is 0.755. The van der Waals surface area contributed by atoms with Crippen LogP contribution in [0.1, 0.15) is 78.5 Å². The van der Waals surface area contributed by atoms with Crippen LogP contribution < -0.4 is 0 Å². The summed E-state index contributed by atoms with van der Waals surface area (Å²) < 4.78 is 2.34. The van der Waals surface area contributed by atoms with Crippen molar-refractivity contribution in [1.82, 2.24) is 4.57 Å². The summed E-state index contributed by atoms with van der Waals surface area (Å²) in [7, 11) is 0. The van der Waals surface area contributed by atoms with E-state index < -0.39 is 0 Å². The van der Waals surface area contributed by atoms with Crippen molar-refractivity contribution in [2.45, 2.75) is 75.7 Å². The summed E-state index contributed by atoms with van der Waals surface area (Å²) in [5.41, 5.74) is 13.4. The van der Waals surface area contributed by atoms with Crippen LogP contribution >= 0.6 is 0 Å². The smallest absolute Gasteiger partial charge is 0.0543 e. The topological polar surface area (TPSA) is 17.3 Å². The zero-order valence-corrected chi connectivity index (χ0v) is 32.9. The van der Waals surface area contributed by atoms with Gasteiger partial charge in [-0.25, -0.2) is 0 Å². The normalized spacial score (nSPS) is 10.6. The van der Waals surface area contributed by atoms with Gasteiger partial charge in [-0.1, -0.05) is 156 Å². The van der Waals surface area contributed by atoms with Crippen molar-refractivity contribution >= 4 is 27.5 Å². The number of hydrogen-bond donors (Lipinski definition) is 0. The first-order valence-electron chi connectivity index (χ1n) is 18.1. The molecule has 0 aliphatic carbocycles. The fraction of sp³-hybridized carbons (Fsp3) is 0.224. The molecule has 4 aromatic carbocycles. The third-order valence-corrected chi connectivity index (χ3v) is 7.24. The van der Waals surface area contributed by atoms with Crippen molar-refractivity contribution in [3.63, 3.8) is 0 Å². The third kappa shape index (κ3) is 14.9. The Morgan fingerprint density at radius 3 is 2.00 bits per heavy atom. The second-order valence-corrected chi connectivity index (χ2v) is 11.3. The minimum Gasteiger partial charge on any atom is -0.309 e. The van der Waals surface area contributed by atoms with E-state index in [1.807, 2.05) is 116 Å². The van der Waals surface area contributed by atoms with Gasteiger partial charge in [0.25, 0.3) is 0 Å². The molecule has 0 saturated carbocycles. The van der Waals surface area contributed by atoms with Crippen LogP contribution in [0.25, 0.3) is 27.5 Å². The molecule has 0 amide bonds. The molecule has 2 nitrogen and oxygen atoms in total. The van der Waals surface area contributed by atoms with Crippen LogP contribution in [0.15, 0.2) is 181 Å². The molecule has 0 N–H and O–H groups in total. The fourth-order valence-electron chi connectivity index (χ4n) is 5.01. The van der Waals surface area contributed by atoms with Crippen molar-refractivity contribution in [2.24, 2.45) is 4.99 Å². The van der Waals surface area contributed by atoms with Crippen LogP contribution in [-0.4, -0.2) is 10.3 Å². The standard InChI is InChI=1S/C19H15N.C18H21N.C8H12.2C2H6/c1-14-11-12-17-16-9-5-6-10-18(16)20(19(17)13-14)15-7-3-2-4-8-15;1-5-6-7-8-9-13-16(3)19-17(4)18-14-11-10-12-15(18)2;1-4-5-6-7-8(2)3;2*1-2/h2-13H,1H3;5,7-12,14H,3,13H2,1-2,4H3;4-7H,2H2,1,3H3;2*1-2H3/b;9-8-,19-17?;5-4-,7-6-;;. The number of fused-ring (bicyclic) bond motifs is 3. The molecule has 5 rings (SSSR count). The zero-order valence-electron chi connectivity index (χ0n) is 32.9. The molecule has 0 radical (unpaired) electrons. The average Bonchev–Trinajstić information content (AvgIpc) is 3.47. The number of hydrogen-bond acceptors (Lipinski definition) is 1. The largest absolute Gasteiger partial charge is 0.309 e. The first-order valence-corrected chi connectivity index (χ1v) is 18.1. The lowest BCUT2D eigenvalue weighted by Gasteiger charge is -2.07. The zero-order chi connectivity index (χ0) is 38.0. The highest BCUT2D eigenvalue weighted by atomic mass is 15.0. The Morgan fingerprint density at radius 1 is 0.725 bits per heavy atom. The highest BCUT2D eigenvalue weighted by Crippen LogP contribution is 2.32. The molecule has 1 heterocycles. The summed E-state index contributed by atoms with van der Waals surface area (Å²) in [6, 6.07) is 34.1. The van der Waals surface area contributed by atoms with Crippen molar-refractivity contribution in [3.05, 3.63) is 193 Å². The molecule has 5 aromatic rings. The molecule has 0 fully saturated rings. The quantitative estimate of drug-likeness (QED) is 0.0884. The van der Waals surface area contributed by atoms with Gasteiger partial charge in [-0.15, -0.1) is 5.73 Å². The van der Waals surface area contributed by atoms with Crippen molar-refractivity contribution in [2.75, 3.05) is 0 Å². The number of aliphatic imine (C=N–C) groups is 1. The summed E-state index contributed by atoms with van der Waals surface area (Å²) >= 11 is 0. The average molecular weight is 677 g/mol. The van der Waals surface area contributed by atoms with Crippen molar-refractivity contribution in [3.8, 4) is 5.69 Å². The Morgan fingerprint density at radius 2 is 1.35 bits per heavy atom. The molecule has 51 heavy (non-hydrogen) atoms. The molecule has 2 heteroatoms. The maximum Gasteiger partial charge on any atom is 0.0543 e. The van der Waals surface area contributed by atoms with E-state index in [-0.39, 0.29) is 0 Å². The Hall–Kier alpha value is -5.43. The first-order chi connectivity index (χ1) is 24.8. The van der Waals surface area contributed by atoms with E-state index in [0.29, 0.717) is 0 Å². The van der Waals surface area contributed by atoms with Gasteiger partial charge in [0.1, 0.15) is 0 Å². The minimum absolute atomic E-state index is 0.755. The predicted octanol–water partition coefficient (Wildman–Crippen LogP) is 14.8. The van der Waals surface area contributed by atoms with E-state index in [2.05, 4.69) is 127 Å². The number of allylic oxidation sites excluding steroid dienone is 8. The summed E-state index contributed by atoms with van der Waals surface area (Å²) in [6.45, 7) is 27.9. The van der Waals surface area contributed by atoms with Crippen LogP contribution in [-0.2, 0) is 0 Å². The van der Waals surface area contributed by atoms with E-state index in [9.17, 15) is 0 Å². The predicted molar refractivity (Wildman–Crippen MR) is 232 cm³/mol. The molecule has 0 saturated heterocycles. The molecule has 266 valence electrons. The Labute approximate surface area is 310 Å². The molecular weight excluding hydrogens is 617 g/mol. The van der Waals surface area contributed by atoms with Gasteiger partial charge in [-0.05, 0) is 94.7 Å². The van der Waals surface area contributed by atoms with E-state index in [4.69, 9.17) is 0 Å². The van der Waals surface area contributed by atoms with E-state index >= 15 is 0 Å². The highest BCUT2D eigenvalue weighted by Gasteiger charge is 2.11. The number of aromatic nitrogens is 1. The lowest BCUT2D eigenvalue weighted by Crippen LogP contribution is -1.98. The van der Waals surface area contributed by atoms with Gasteiger partial charge in [-0.2, -0.15) is 0 Å². The molecule has 1 aromatic heterocycles. The van der Waals surface area contributed by atoms with Crippen molar-refractivity contribution < 1.29 is 0 Å². The van der Waals surface area contributed by atoms with Crippen LogP contribution in [0.3, 0.4) is 0 Å². The Balaban J connectivity index is 0.000000393. The molecule has 0 aliphatic rings. The van der Waals surface area contributed by atoms with Crippen LogP contribution in [0.4, 0.5) is 0 Å². The number of nitrogens with zero attached hydrogens (tertiary/aromatic N) is 2. The van der Waals surface area contributed by atoms with Crippen LogP contribution in [0.2, 0.25) is 0 Å². The van der Waals surface area contributed by atoms with Gasteiger partial charge in [-0.3, -0.25) is 4.99 Å². The second-order valence-electron chi connectivity index (χ2n) is 11.3. The SMILES string of the molecule is C=C(C)/C=C\C=C/C.C=C(C/C=C\C=C=CC)N=C(C)c1ccccc1C.CC.CC.Cc1ccc2c3ccccc3n(-c3ccccc3)c2c1. The summed E-state index contributed by atoms with van der Waals surface area (Å²) in [5, 5.41) is 2.63. The fourth-order valence-corrected chi connectivity index (χ4v) is 5.01. The van der Waals surface area contributed by atoms with Gasteiger partial charge in [0, 0.05) is 34.3 Å². The van der Waals surface area contributed by atoms with Gasteiger partial charge in [0.15, 0.2) is 0 Å². The lowest BCUT2D eigenvalue weighted by molar-refractivity contribution is 1.17. The molecular formula is C49H60N2. The van der Waals surface area contributed by atoms with Crippen LogP contribution in [0.5, 0.6) is 0 Å². The van der Waals surface area contributed by atoms with Crippen LogP contribution in [0, 0.1) is 13.8 Å². The number of benzene rings is 4. The third-order valence-electron chi connectivity index (χ3n) is 7.24. The second kappa shape index (κ2) is 25.5. The number of rotatable bonds is 8. The number of para-hydroxylation sites is 2. The highest BCUT2D eigenvalue weighted by molar-refractivity contribution is 6.09. The van der Waals surface area contributed by atoms with Gasteiger partial charge >= 0.3 is 0 Å². The number of aryl methyl sites for hydroxylation is 2. The lowest BCUT2D eigenvalue weighted by atomic mass is 10.1. The maximum atomic E-state index is 4.55. The monoisotopic (exact) mass is 676 g/mol. The maximum absolute atomic E-state index is 4.55. The summed E-state index contributed by atoms with van der Waals surface area (Å²) in [5.74, 6) is 0. The van der Waals surface area contributed by atoms with Gasteiger partial charge < -0.3 is 4.57 Å². The summed E-state index contributed by atoms with van der Waals surface area (Å²) in [4.78, 5) is 4.55. The molecule has 0 atom stereocenters. The molecule has 0 unspecified atom stereocenters. The van der Waals surface area contributed by atoms with E-state index in [1.165, 1.54) is 44.2 Å². The molecule has 0 aliphatic heterocycles. The molecule has 0 spiro atoms. The van der Waals surface area contributed by atoms with Crippen molar-refractivity contribution in [1.29, 1.82) is 0 Å². The first kappa shape index (κ1) is 43.6. The summed E-state index contributed by atoms with van der Waals surface area (Å²) in [6.07, 6.45) is 16.4. The van der Waals surface area contributed by atoms with E-state index in [1.54, 1.807) is 0 Å². The van der Waals surface area contributed by atoms with E-state index in [0.717, 1.165) is 23.4 Å². The Kier molecular flexibility index (Phi) is 21.8. The van der Waals surface area contributed by atoms with Gasteiger partial charge in [0.05, 0.1) is 11.0 Å². The Bertz CT molecular complexity index is 1970.